The van der Waals surface area contributed by atoms with Crippen molar-refractivity contribution in [3.8, 4) is 11.5 Å². The molecular formula is C29H33N3O3. The summed E-state index contributed by atoms with van der Waals surface area (Å²) in [5.41, 5.74) is 3.96. The average molecular weight is 472 g/mol. The van der Waals surface area contributed by atoms with Gasteiger partial charge >= 0.3 is 0 Å². The molecule has 35 heavy (non-hydrogen) atoms. The van der Waals surface area contributed by atoms with E-state index >= 15 is 0 Å². The lowest BCUT2D eigenvalue weighted by Crippen LogP contribution is -2.25. The van der Waals surface area contributed by atoms with Crippen LogP contribution < -0.4 is 14.8 Å². The highest BCUT2D eigenvalue weighted by atomic mass is 16.5. The lowest BCUT2D eigenvalue weighted by molar-refractivity contribution is 0.0953. The fraction of sp³-hybridized carbons (Fsp3) is 0.310. The van der Waals surface area contributed by atoms with E-state index in [0.29, 0.717) is 18.7 Å². The molecular weight excluding hydrogens is 438 g/mol. The molecule has 0 spiro atoms. The Bertz CT molecular complexity index is 1250. The Morgan fingerprint density at radius 1 is 0.943 bits per heavy atom. The van der Waals surface area contributed by atoms with Gasteiger partial charge in [-0.15, -0.1) is 0 Å². The SMILES string of the molecule is COc1ccc(C(=O)NCCCc2nc3ccccc3n2CCCCOc2ccccc2C)cc1. The first kappa shape index (κ1) is 24.3. The van der Waals surface area contributed by atoms with Crippen molar-refractivity contribution in [3.05, 3.63) is 89.7 Å². The zero-order chi connectivity index (χ0) is 24.5. The number of methoxy groups -OCH3 is 1. The van der Waals surface area contributed by atoms with E-state index < -0.39 is 0 Å². The summed E-state index contributed by atoms with van der Waals surface area (Å²) in [7, 11) is 1.61. The van der Waals surface area contributed by atoms with Crippen molar-refractivity contribution >= 4 is 16.9 Å². The van der Waals surface area contributed by atoms with Gasteiger partial charge in [0, 0.05) is 25.1 Å². The van der Waals surface area contributed by atoms with Crippen LogP contribution >= 0.6 is 0 Å². The zero-order valence-corrected chi connectivity index (χ0v) is 20.5. The average Bonchev–Trinajstić information content (AvgIpc) is 3.24. The van der Waals surface area contributed by atoms with E-state index in [1.165, 1.54) is 0 Å². The zero-order valence-electron chi connectivity index (χ0n) is 20.5. The van der Waals surface area contributed by atoms with Gasteiger partial charge in [-0.3, -0.25) is 4.79 Å². The van der Waals surface area contributed by atoms with Crippen molar-refractivity contribution in [1.29, 1.82) is 0 Å². The van der Waals surface area contributed by atoms with Crippen LogP contribution in [0, 0.1) is 6.92 Å². The monoisotopic (exact) mass is 471 g/mol. The minimum Gasteiger partial charge on any atom is -0.497 e. The van der Waals surface area contributed by atoms with Crippen molar-refractivity contribution in [3.63, 3.8) is 0 Å². The molecule has 0 fully saturated rings. The number of unbranched alkanes of at least 4 members (excludes halogenated alkanes) is 1. The molecule has 0 unspecified atom stereocenters. The second kappa shape index (κ2) is 12.1. The summed E-state index contributed by atoms with van der Waals surface area (Å²) in [6.45, 7) is 4.26. The second-order valence-electron chi connectivity index (χ2n) is 8.58. The number of carbonyl (C=O) groups excluding carboxylic acids is 1. The van der Waals surface area contributed by atoms with Crippen LogP contribution in [0.1, 0.15) is 41.0 Å². The maximum Gasteiger partial charge on any atom is 0.251 e. The minimum absolute atomic E-state index is 0.0743. The van der Waals surface area contributed by atoms with Gasteiger partial charge in [-0.1, -0.05) is 30.3 Å². The highest BCUT2D eigenvalue weighted by molar-refractivity contribution is 5.94. The molecule has 0 atom stereocenters. The summed E-state index contributed by atoms with van der Waals surface area (Å²) >= 11 is 0. The van der Waals surface area contributed by atoms with Crippen LogP contribution in [0.5, 0.6) is 11.5 Å². The molecule has 6 heteroatoms. The van der Waals surface area contributed by atoms with E-state index in [1.54, 1.807) is 31.4 Å². The van der Waals surface area contributed by atoms with E-state index in [1.807, 2.05) is 24.3 Å². The number of hydrogen-bond donors (Lipinski definition) is 1. The Morgan fingerprint density at radius 2 is 1.71 bits per heavy atom. The highest BCUT2D eigenvalue weighted by Crippen LogP contribution is 2.19. The van der Waals surface area contributed by atoms with E-state index in [9.17, 15) is 4.79 Å². The molecule has 0 aliphatic rings. The van der Waals surface area contributed by atoms with Gasteiger partial charge in [0.2, 0.25) is 0 Å². The molecule has 4 aromatic rings. The molecule has 1 aromatic heterocycles. The first-order valence-electron chi connectivity index (χ1n) is 12.2. The second-order valence-corrected chi connectivity index (χ2v) is 8.58. The lowest BCUT2D eigenvalue weighted by Gasteiger charge is -2.11. The summed E-state index contributed by atoms with van der Waals surface area (Å²) in [5, 5.41) is 3.01. The number of ether oxygens (including phenoxy) is 2. The largest absolute Gasteiger partial charge is 0.497 e. The Kier molecular flexibility index (Phi) is 8.39. The molecule has 1 N–H and O–H groups in total. The smallest absolute Gasteiger partial charge is 0.251 e. The van der Waals surface area contributed by atoms with Crippen molar-refractivity contribution in [1.82, 2.24) is 14.9 Å². The molecule has 0 saturated heterocycles. The molecule has 0 aliphatic carbocycles. The van der Waals surface area contributed by atoms with Gasteiger partial charge < -0.3 is 19.4 Å². The Morgan fingerprint density at radius 3 is 2.51 bits per heavy atom. The van der Waals surface area contributed by atoms with Crippen LogP contribution in [0.4, 0.5) is 0 Å². The molecule has 4 rings (SSSR count). The van der Waals surface area contributed by atoms with Crippen LogP contribution in [0.15, 0.2) is 72.8 Å². The van der Waals surface area contributed by atoms with Gasteiger partial charge in [-0.25, -0.2) is 4.98 Å². The third-order valence-corrected chi connectivity index (χ3v) is 6.08. The summed E-state index contributed by atoms with van der Waals surface area (Å²) < 4.78 is 13.4. The maximum atomic E-state index is 12.4. The van der Waals surface area contributed by atoms with Crippen LogP contribution in [-0.2, 0) is 13.0 Å². The molecule has 3 aromatic carbocycles. The number of para-hydroxylation sites is 3. The van der Waals surface area contributed by atoms with Crippen molar-refractivity contribution < 1.29 is 14.3 Å². The van der Waals surface area contributed by atoms with Gasteiger partial charge in [0.05, 0.1) is 24.8 Å². The van der Waals surface area contributed by atoms with Gasteiger partial charge in [0.25, 0.3) is 5.91 Å². The summed E-state index contributed by atoms with van der Waals surface area (Å²) in [5.74, 6) is 2.68. The molecule has 1 heterocycles. The molecule has 0 radical (unpaired) electrons. The Hall–Kier alpha value is -3.80. The number of amides is 1. The highest BCUT2D eigenvalue weighted by Gasteiger charge is 2.11. The van der Waals surface area contributed by atoms with E-state index in [4.69, 9.17) is 14.5 Å². The minimum atomic E-state index is -0.0743. The lowest BCUT2D eigenvalue weighted by atomic mass is 10.2. The number of nitrogens with one attached hydrogen (secondary N) is 1. The van der Waals surface area contributed by atoms with Gasteiger partial charge in [-0.05, 0) is 74.2 Å². The fourth-order valence-corrected chi connectivity index (χ4v) is 4.13. The number of nitrogens with zero attached hydrogens (tertiary/aromatic N) is 2. The van der Waals surface area contributed by atoms with E-state index in [-0.39, 0.29) is 5.91 Å². The number of benzene rings is 3. The molecule has 1 amide bonds. The predicted octanol–water partition coefficient (Wildman–Crippen LogP) is 5.58. The number of fused-ring (bicyclic) bond motifs is 1. The third kappa shape index (κ3) is 6.41. The first-order valence-corrected chi connectivity index (χ1v) is 12.2. The number of carbonyl (C=O) groups is 1. The summed E-state index contributed by atoms with van der Waals surface area (Å²) in [6.07, 6.45) is 3.60. The maximum absolute atomic E-state index is 12.4. The first-order chi connectivity index (χ1) is 17.2. The van der Waals surface area contributed by atoms with Gasteiger partial charge in [0.15, 0.2) is 0 Å². The molecule has 182 valence electrons. The number of aryl methyl sites for hydroxylation is 3. The number of rotatable bonds is 12. The number of imidazole rings is 1. The van der Waals surface area contributed by atoms with Crippen LogP contribution in [0.25, 0.3) is 11.0 Å². The van der Waals surface area contributed by atoms with Crippen LogP contribution in [0.3, 0.4) is 0 Å². The summed E-state index contributed by atoms with van der Waals surface area (Å²) in [4.78, 5) is 17.3. The van der Waals surface area contributed by atoms with Gasteiger partial charge in [-0.2, -0.15) is 0 Å². The van der Waals surface area contributed by atoms with Gasteiger partial charge in [0.1, 0.15) is 17.3 Å². The van der Waals surface area contributed by atoms with Crippen molar-refractivity contribution in [2.24, 2.45) is 0 Å². The predicted molar refractivity (Wildman–Crippen MR) is 139 cm³/mol. The Balaban J connectivity index is 1.28. The molecule has 0 bridgehead atoms. The standard InChI is InChI=1S/C29H33N3O3/c1-22-10-3-6-13-27(22)35-21-8-7-20-32-26-12-5-4-11-25(26)31-28(32)14-9-19-30-29(33)23-15-17-24(34-2)18-16-23/h3-6,10-13,15-18H,7-9,14,19-21H2,1-2H3,(H,30,33). The molecule has 0 aliphatic heterocycles. The number of hydrogen-bond acceptors (Lipinski definition) is 4. The van der Waals surface area contributed by atoms with Crippen LogP contribution in [-0.4, -0.2) is 35.7 Å². The van der Waals surface area contributed by atoms with Crippen molar-refractivity contribution in [2.45, 2.75) is 39.2 Å². The van der Waals surface area contributed by atoms with Crippen LogP contribution in [0.2, 0.25) is 0 Å². The topological polar surface area (TPSA) is 65.4 Å². The number of aromatic nitrogens is 2. The fourth-order valence-electron chi connectivity index (χ4n) is 4.13. The Labute approximate surface area is 206 Å². The van der Waals surface area contributed by atoms with E-state index in [0.717, 1.165) is 66.1 Å². The molecule has 0 saturated carbocycles. The quantitative estimate of drug-likeness (QED) is 0.274. The third-order valence-electron chi connectivity index (χ3n) is 6.08. The normalized spacial score (nSPS) is 10.9. The van der Waals surface area contributed by atoms with E-state index in [2.05, 4.69) is 41.1 Å². The molecule has 6 nitrogen and oxygen atoms in total. The summed E-state index contributed by atoms with van der Waals surface area (Å²) in [6, 6.07) is 23.5. The van der Waals surface area contributed by atoms with Crippen molar-refractivity contribution in [2.75, 3.05) is 20.3 Å².